The Morgan fingerprint density at radius 1 is 1.00 bits per heavy atom. The van der Waals surface area contributed by atoms with Crippen LogP contribution in [0.25, 0.3) is 0 Å². The maximum absolute atomic E-state index is 13.3. The van der Waals surface area contributed by atoms with Gasteiger partial charge in [0.15, 0.2) is 0 Å². The second-order valence-electron chi connectivity index (χ2n) is 3.52. The molecule has 0 radical (unpaired) electrons. The van der Waals surface area contributed by atoms with Crippen molar-refractivity contribution in [2.24, 2.45) is 0 Å². The first kappa shape index (κ1) is 10.7. The number of benzene rings is 2. The second-order valence-corrected chi connectivity index (χ2v) is 3.52. The number of aryl methyl sites for hydroxylation is 1. The number of para-hydroxylation sites is 1. The van der Waals surface area contributed by atoms with E-state index in [0.717, 1.165) is 5.75 Å². The highest BCUT2D eigenvalue weighted by molar-refractivity contribution is 5.34. The van der Waals surface area contributed by atoms with Crippen molar-refractivity contribution in [1.29, 1.82) is 0 Å². The van der Waals surface area contributed by atoms with Crippen LogP contribution < -0.4 is 4.74 Å². The first-order valence-electron chi connectivity index (χ1n) is 5.31. The maximum Gasteiger partial charge on any atom is 0.127 e. The van der Waals surface area contributed by atoms with E-state index in [1.807, 2.05) is 37.3 Å². The molecule has 0 heterocycles. The van der Waals surface area contributed by atoms with Crippen LogP contribution in [-0.4, -0.2) is 0 Å². The molecule has 0 saturated heterocycles. The lowest BCUT2D eigenvalue weighted by Gasteiger charge is -2.07. The Kier molecular flexibility index (Phi) is 3.20. The number of halogens is 1. The van der Waals surface area contributed by atoms with Gasteiger partial charge >= 0.3 is 0 Å². The summed E-state index contributed by atoms with van der Waals surface area (Å²) in [4.78, 5) is 0. The number of rotatable bonds is 3. The van der Waals surface area contributed by atoms with Gasteiger partial charge in [-0.3, -0.25) is 0 Å². The van der Waals surface area contributed by atoms with Gasteiger partial charge in [0.1, 0.15) is 17.3 Å². The molecule has 0 aromatic heterocycles. The summed E-state index contributed by atoms with van der Waals surface area (Å²) in [6, 6.07) is 14.3. The molecule has 0 fully saturated rings. The van der Waals surface area contributed by atoms with Gasteiger partial charge in [-0.25, -0.2) is 4.39 Å². The van der Waals surface area contributed by atoms with Gasteiger partial charge in [0, 0.05) is 0 Å². The summed E-state index contributed by atoms with van der Waals surface area (Å²) >= 11 is 0. The Morgan fingerprint density at radius 3 is 2.44 bits per heavy atom. The van der Waals surface area contributed by atoms with E-state index in [1.165, 1.54) is 6.07 Å². The van der Waals surface area contributed by atoms with Crippen LogP contribution in [0.5, 0.6) is 11.5 Å². The molecule has 0 bridgehead atoms. The summed E-state index contributed by atoms with van der Waals surface area (Å²) in [6.45, 7) is 1.92. The molecule has 0 atom stereocenters. The lowest BCUT2D eigenvalue weighted by atomic mass is 10.1. The van der Waals surface area contributed by atoms with Gasteiger partial charge in [-0.05, 0) is 42.3 Å². The van der Waals surface area contributed by atoms with E-state index < -0.39 is 0 Å². The molecule has 0 aliphatic carbocycles. The summed E-state index contributed by atoms with van der Waals surface area (Å²) in [5, 5.41) is 0. The van der Waals surface area contributed by atoms with Crippen LogP contribution in [0.4, 0.5) is 4.39 Å². The summed E-state index contributed by atoms with van der Waals surface area (Å²) < 4.78 is 18.9. The predicted molar refractivity (Wildman–Crippen MR) is 62.3 cm³/mol. The minimum atomic E-state index is -0.178. The summed E-state index contributed by atoms with van der Waals surface area (Å²) in [7, 11) is 0. The van der Waals surface area contributed by atoms with Gasteiger partial charge < -0.3 is 4.74 Å². The molecular formula is C14H13FO. The highest BCUT2D eigenvalue weighted by Gasteiger charge is 2.03. The SMILES string of the molecule is CCc1cc(Oc2ccccc2)ccc1F. The van der Waals surface area contributed by atoms with Gasteiger partial charge in [-0.2, -0.15) is 0 Å². The topological polar surface area (TPSA) is 9.23 Å². The Hall–Kier alpha value is -1.83. The third-order valence-corrected chi connectivity index (χ3v) is 2.38. The van der Waals surface area contributed by atoms with E-state index in [4.69, 9.17) is 4.74 Å². The number of ether oxygens (including phenoxy) is 1. The molecular weight excluding hydrogens is 203 g/mol. The van der Waals surface area contributed by atoms with E-state index >= 15 is 0 Å². The number of hydrogen-bond donors (Lipinski definition) is 0. The van der Waals surface area contributed by atoms with Gasteiger partial charge in [-0.1, -0.05) is 25.1 Å². The lowest BCUT2D eigenvalue weighted by molar-refractivity contribution is 0.479. The fraction of sp³-hybridized carbons (Fsp3) is 0.143. The Balaban J connectivity index is 2.22. The Bertz CT molecular complexity index is 465. The molecule has 2 aromatic carbocycles. The minimum Gasteiger partial charge on any atom is -0.457 e. The zero-order valence-electron chi connectivity index (χ0n) is 9.11. The molecule has 0 saturated carbocycles. The van der Waals surface area contributed by atoms with Crippen molar-refractivity contribution in [2.45, 2.75) is 13.3 Å². The fourth-order valence-electron chi connectivity index (χ4n) is 1.51. The zero-order chi connectivity index (χ0) is 11.4. The van der Waals surface area contributed by atoms with Gasteiger partial charge in [0.2, 0.25) is 0 Å². The highest BCUT2D eigenvalue weighted by Crippen LogP contribution is 2.23. The van der Waals surface area contributed by atoms with Crippen LogP contribution in [0.3, 0.4) is 0 Å². The standard InChI is InChI=1S/C14H13FO/c1-2-11-10-13(8-9-14(11)15)16-12-6-4-3-5-7-12/h3-10H,2H2,1H3. The average Bonchev–Trinajstić information content (AvgIpc) is 2.33. The van der Waals surface area contributed by atoms with Crippen molar-refractivity contribution in [3.05, 3.63) is 59.9 Å². The van der Waals surface area contributed by atoms with Crippen molar-refractivity contribution < 1.29 is 9.13 Å². The van der Waals surface area contributed by atoms with Gasteiger partial charge in [0.05, 0.1) is 0 Å². The summed E-state index contributed by atoms with van der Waals surface area (Å²) in [5.41, 5.74) is 0.674. The van der Waals surface area contributed by atoms with Crippen molar-refractivity contribution in [1.82, 2.24) is 0 Å². The fourth-order valence-corrected chi connectivity index (χ4v) is 1.51. The molecule has 16 heavy (non-hydrogen) atoms. The van der Waals surface area contributed by atoms with Crippen LogP contribution in [0.2, 0.25) is 0 Å². The first-order chi connectivity index (χ1) is 7.79. The predicted octanol–water partition coefficient (Wildman–Crippen LogP) is 4.18. The first-order valence-corrected chi connectivity index (χ1v) is 5.31. The van der Waals surface area contributed by atoms with Crippen LogP contribution in [0.15, 0.2) is 48.5 Å². The minimum absolute atomic E-state index is 0.178. The zero-order valence-corrected chi connectivity index (χ0v) is 9.11. The molecule has 0 aliphatic rings. The molecule has 82 valence electrons. The molecule has 0 amide bonds. The van der Waals surface area contributed by atoms with Crippen LogP contribution in [-0.2, 0) is 6.42 Å². The van der Waals surface area contributed by atoms with E-state index in [9.17, 15) is 4.39 Å². The van der Waals surface area contributed by atoms with Crippen LogP contribution >= 0.6 is 0 Å². The van der Waals surface area contributed by atoms with E-state index in [-0.39, 0.29) is 5.82 Å². The van der Waals surface area contributed by atoms with Crippen LogP contribution in [0, 0.1) is 5.82 Å². The smallest absolute Gasteiger partial charge is 0.127 e. The third kappa shape index (κ3) is 2.40. The molecule has 2 rings (SSSR count). The Labute approximate surface area is 94.5 Å². The van der Waals surface area contributed by atoms with Crippen LogP contribution in [0.1, 0.15) is 12.5 Å². The molecule has 0 unspecified atom stereocenters. The van der Waals surface area contributed by atoms with E-state index in [2.05, 4.69) is 0 Å². The third-order valence-electron chi connectivity index (χ3n) is 2.38. The van der Waals surface area contributed by atoms with Crippen molar-refractivity contribution in [3.8, 4) is 11.5 Å². The van der Waals surface area contributed by atoms with E-state index in [1.54, 1.807) is 12.1 Å². The van der Waals surface area contributed by atoms with Crippen molar-refractivity contribution in [2.75, 3.05) is 0 Å². The van der Waals surface area contributed by atoms with Gasteiger partial charge in [-0.15, -0.1) is 0 Å². The monoisotopic (exact) mass is 216 g/mol. The van der Waals surface area contributed by atoms with Crippen molar-refractivity contribution in [3.63, 3.8) is 0 Å². The molecule has 0 N–H and O–H groups in total. The summed E-state index contributed by atoms with van der Waals surface area (Å²) in [5.74, 6) is 1.25. The number of hydrogen-bond acceptors (Lipinski definition) is 1. The second kappa shape index (κ2) is 4.79. The normalized spacial score (nSPS) is 10.1. The molecule has 1 nitrogen and oxygen atoms in total. The molecule has 2 heteroatoms. The lowest BCUT2D eigenvalue weighted by Crippen LogP contribution is -1.90. The van der Waals surface area contributed by atoms with E-state index in [0.29, 0.717) is 17.7 Å². The molecule has 2 aromatic rings. The molecule has 0 aliphatic heterocycles. The summed E-state index contributed by atoms with van der Waals surface area (Å²) in [6.07, 6.45) is 0.665. The maximum atomic E-state index is 13.3. The van der Waals surface area contributed by atoms with Gasteiger partial charge in [0.25, 0.3) is 0 Å². The highest BCUT2D eigenvalue weighted by atomic mass is 19.1. The Morgan fingerprint density at radius 2 is 1.75 bits per heavy atom. The average molecular weight is 216 g/mol. The molecule has 0 spiro atoms. The van der Waals surface area contributed by atoms with Crippen molar-refractivity contribution >= 4 is 0 Å². The largest absolute Gasteiger partial charge is 0.457 e. The quantitative estimate of drug-likeness (QED) is 0.747.